The molecule has 2 radical (unpaired) electrons. The summed E-state index contributed by atoms with van der Waals surface area (Å²) in [5.41, 5.74) is 0. The minimum atomic E-state index is 0. The number of rotatable bonds is 0. The normalized spacial score (nSPS) is 0. The van der Waals surface area contributed by atoms with Crippen LogP contribution in [0.15, 0.2) is 0 Å². The topological polar surface area (TPSA) is 0 Å². The Morgan fingerprint density at radius 3 is 1.00 bits per heavy atom. The molecular formula is CuHfNbZr. The monoisotopic (exact) mass is 426 g/mol. The molecular weight excluding hydrogens is 426 g/mol. The van der Waals surface area contributed by atoms with Gasteiger partial charge in [0.15, 0.2) is 0 Å². The van der Waals surface area contributed by atoms with Crippen LogP contribution in [0, 0.1) is 0 Å². The minimum absolute atomic E-state index is 0. The zero-order chi connectivity index (χ0) is 0. The van der Waals surface area contributed by atoms with E-state index >= 15 is 0 Å². The molecule has 0 aromatic carbocycles. The van der Waals surface area contributed by atoms with E-state index in [0.717, 1.165) is 0 Å². The van der Waals surface area contributed by atoms with Gasteiger partial charge in [-0.15, -0.1) is 0 Å². The summed E-state index contributed by atoms with van der Waals surface area (Å²) < 4.78 is 0. The van der Waals surface area contributed by atoms with Gasteiger partial charge in [-0.3, -0.25) is 0 Å². The molecule has 0 aromatic rings. The molecule has 0 atom stereocenters. The summed E-state index contributed by atoms with van der Waals surface area (Å²) in [6.45, 7) is 0. The molecule has 4 heavy (non-hydrogen) atoms. The van der Waals surface area contributed by atoms with Crippen LogP contribution in [0.4, 0.5) is 0 Å². The van der Waals surface area contributed by atoms with Crippen molar-refractivity contribution in [1.82, 2.24) is 0 Å². The molecule has 0 saturated carbocycles. The molecule has 0 aliphatic heterocycles. The first kappa shape index (κ1) is 27.9. The molecule has 4 heteroatoms. The minimum Gasteiger partial charge on any atom is 0 e. The maximum atomic E-state index is 0. The Labute approximate surface area is 89.8 Å². The predicted molar refractivity (Wildman–Crippen MR) is 0 cm³/mol. The Morgan fingerprint density at radius 1 is 1.00 bits per heavy atom. The van der Waals surface area contributed by atoms with Crippen molar-refractivity contribution in [3.05, 3.63) is 0 Å². The van der Waals surface area contributed by atoms with Gasteiger partial charge >= 0.3 is 0 Å². The predicted octanol–water partition coefficient (Wildman–Crippen LogP) is -0.0100. The zero-order valence-corrected chi connectivity index (χ0v) is 10.9. The zero-order valence-electron chi connectivity index (χ0n) is 1.75. The van der Waals surface area contributed by atoms with Crippen LogP contribution in [-0.4, -0.2) is 0 Å². The molecule has 0 unspecified atom stereocenters. The molecule has 0 rings (SSSR count). The summed E-state index contributed by atoms with van der Waals surface area (Å²) in [7, 11) is 0. The molecule has 0 nitrogen and oxygen atoms in total. The van der Waals surface area contributed by atoms with Crippen LogP contribution in [0.25, 0.3) is 0 Å². The van der Waals surface area contributed by atoms with Crippen molar-refractivity contribution in [2.75, 3.05) is 0 Å². The first-order chi connectivity index (χ1) is 0. The van der Waals surface area contributed by atoms with Crippen molar-refractivity contribution in [3.63, 3.8) is 0 Å². The van der Waals surface area contributed by atoms with Gasteiger partial charge in [0.05, 0.1) is 0 Å². The van der Waals surface area contributed by atoms with E-state index in [2.05, 4.69) is 0 Å². The molecule has 0 aliphatic carbocycles. The Kier molecular flexibility index (Phi) is 116. The van der Waals surface area contributed by atoms with Crippen LogP contribution in [0.1, 0.15) is 0 Å². The maximum Gasteiger partial charge on any atom is 0 e. The van der Waals surface area contributed by atoms with Crippen LogP contribution in [0.5, 0.6) is 0 Å². The number of hydrogen-bond donors (Lipinski definition) is 0. The second-order valence-corrected chi connectivity index (χ2v) is 0. The van der Waals surface area contributed by atoms with Gasteiger partial charge < -0.3 is 0 Å². The largest absolute Gasteiger partial charge is 0 e. The van der Waals surface area contributed by atoms with Gasteiger partial charge in [-0.25, -0.2) is 0 Å². The molecule has 0 N–H and O–H groups in total. The van der Waals surface area contributed by atoms with Gasteiger partial charge in [0.2, 0.25) is 0 Å². The van der Waals surface area contributed by atoms with Crippen molar-refractivity contribution in [3.8, 4) is 0 Å². The summed E-state index contributed by atoms with van der Waals surface area (Å²) in [5, 5.41) is 0. The molecule has 0 aliphatic rings. The smallest absolute Gasteiger partial charge is 0 e. The van der Waals surface area contributed by atoms with E-state index in [1.54, 1.807) is 0 Å². The van der Waals surface area contributed by atoms with E-state index in [1.165, 1.54) is 0 Å². The fourth-order valence-electron chi connectivity index (χ4n) is 0. The summed E-state index contributed by atoms with van der Waals surface area (Å²) >= 11 is 0. The second kappa shape index (κ2) is 16.6. The van der Waals surface area contributed by atoms with E-state index in [0.29, 0.717) is 0 Å². The first-order valence-electron chi connectivity index (χ1n) is 0. The third kappa shape index (κ3) is 8.89. The Balaban J connectivity index is 0. The van der Waals surface area contributed by atoms with E-state index in [-0.39, 0.29) is 91.5 Å². The van der Waals surface area contributed by atoms with Crippen LogP contribution in [0.2, 0.25) is 0 Å². The van der Waals surface area contributed by atoms with Gasteiger partial charge in [-0.1, -0.05) is 0 Å². The van der Waals surface area contributed by atoms with Crippen LogP contribution >= 0.6 is 0 Å². The van der Waals surface area contributed by atoms with Gasteiger partial charge in [-0.2, -0.15) is 0 Å². The molecule has 0 fully saturated rings. The molecule has 24 valence electrons. The Bertz CT molecular complexity index is 8.00. The summed E-state index contributed by atoms with van der Waals surface area (Å²) in [6, 6.07) is 0. The van der Waals surface area contributed by atoms with Crippen LogP contribution < -0.4 is 0 Å². The van der Waals surface area contributed by atoms with E-state index in [9.17, 15) is 0 Å². The van der Waals surface area contributed by atoms with Gasteiger partial charge in [-0.05, 0) is 0 Å². The van der Waals surface area contributed by atoms with Gasteiger partial charge in [0, 0.05) is 91.5 Å². The second-order valence-electron chi connectivity index (χ2n) is 0. The first-order valence-corrected chi connectivity index (χ1v) is 0. The van der Waals surface area contributed by atoms with Crippen molar-refractivity contribution in [2.45, 2.75) is 0 Å². The molecule has 0 amide bonds. The average Bonchev–Trinajstić information content (AvgIpc) is 0. The maximum absolute atomic E-state index is 0. The number of hydrogen-bond acceptors (Lipinski definition) is 0. The van der Waals surface area contributed by atoms with Crippen LogP contribution in [0.3, 0.4) is 0 Å². The van der Waals surface area contributed by atoms with Crippen molar-refractivity contribution in [1.29, 1.82) is 0 Å². The molecule has 0 bridgehead atoms. The molecule has 0 saturated heterocycles. The fraction of sp³-hybridized carbons (Fsp3) is 0. The van der Waals surface area contributed by atoms with Gasteiger partial charge in [0.1, 0.15) is 0 Å². The standard InChI is InChI=1S/Cu.Hf.Nb.Zr. The third-order valence-electron chi connectivity index (χ3n) is 0. The summed E-state index contributed by atoms with van der Waals surface area (Å²) in [6.07, 6.45) is 0. The van der Waals surface area contributed by atoms with Gasteiger partial charge in [0.25, 0.3) is 0 Å². The molecule has 0 spiro atoms. The molecule has 0 heterocycles. The molecule has 0 aromatic heterocycles. The fourth-order valence-corrected chi connectivity index (χ4v) is 0. The van der Waals surface area contributed by atoms with Crippen molar-refractivity contribution < 1.29 is 91.5 Å². The Morgan fingerprint density at radius 2 is 1.00 bits per heavy atom. The van der Waals surface area contributed by atoms with Crippen molar-refractivity contribution in [2.24, 2.45) is 0 Å². The Hall–Kier alpha value is 3.01. The van der Waals surface area contributed by atoms with E-state index in [1.807, 2.05) is 0 Å². The van der Waals surface area contributed by atoms with E-state index < -0.39 is 0 Å². The third-order valence-corrected chi connectivity index (χ3v) is 0. The SMILES string of the molecule is [Cu].[Hf].[Nb].[Zr]. The van der Waals surface area contributed by atoms with Crippen molar-refractivity contribution >= 4 is 0 Å². The average molecular weight is 426 g/mol. The van der Waals surface area contributed by atoms with Crippen LogP contribution in [-0.2, 0) is 91.5 Å². The summed E-state index contributed by atoms with van der Waals surface area (Å²) in [5.74, 6) is 0. The summed E-state index contributed by atoms with van der Waals surface area (Å²) in [4.78, 5) is 0. The quantitative estimate of drug-likeness (QED) is 0.479. The van der Waals surface area contributed by atoms with E-state index in [4.69, 9.17) is 0 Å².